The van der Waals surface area contributed by atoms with Gasteiger partial charge in [-0.2, -0.15) is 0 Å². The number of aliphatic hydroxyl groups excluding tert-OH is 1. The van der Waals surface area contributed by atoms with Crippen molar-refractivity contribution in [3.05, 3.63) is 59.4 Å². The zero-order chi connectivity index (χ0) is 16.1. The van der Waals surface area contributed by atoms with E-state index in [1.165, 1.54) is 6.07 Å². The minimum absolute atomic E-state index is 0.00569. The van der Waals surface area contributed by atoms with E-state index in [0.29, 0.717) is 6.54 Å². The van der Waals surface area contributed by atoms with E-state index < -0.39 is 0 Å². The molecule has 2 N–H and O–H groups in total. The van der Waals surface area contributed by atoms with Gasteiger partial charge in [0.1, 0.15) is 18.2 Å². The van der Waals surface area contributed by atoms with Crippen LogP contribution < -0.4 is 10.1 Å². The summed E-state index contributed by atoms with van der Waals surface area (Å²) in [5.41, 5.74) is 2.08. The molecule has 1 heterocycles. The molecule has 2 aromatic rings. The van der Waals surface area contributed by atoms with Crippen LogP contribution in [0.5, 0.6) is 5.75 Å². The summed E-state index contributed by atoms with van der Waals surface area (Å²) in [4.78, 5) is 1.15. The fourth-order valence-electron chi connectivity index (χ4n) is 2.76. The van der Waals surface area contributed by atoms with Crippen LogP contribution in [0, 0.1) is 5.82 Å². The van der Waals surface area contributed by atoms with Crippen molar-refractivity contribution < 1.29 is 14.2 Å². The fourth-order valence-corrected chi connectivity index (χ4v) is 3.86. The van der Waals surface area contributed by atoms with E-state index in [-0.39, 0.29) is 25.1 Å². The minimum Gasteiger partial charge on any atom is -0.491 e. The maximum absolute atomic E-state index is 13.6. The third-order valence-electron chi connectivity index (χ3n) is 3.87. The normalized spacial score (nSPS) is 16.9. The summed E-state index contributed by atoms with van der Waals surface area (Å²) in [6.07, 6.45) is 0.973. The second-order valence-electron chi connectivity index (χ2n) is 5.43. The summed E-state index contributed by atoms with van der Waals surface area (Å²) < 4.78 is 19.1. The molecule has 0 aliphatic carbocycles. The second kappa shape index (κ2) is 7.81. The molecule has 0 spiro atoms. The number of rotatable bonds is 6. The first-order valence-corrected chi connectivity index (χ1v) is 8.73. The highest BCUT2D eigenvalue weighted by atomic mass is 32.2. The van der Waals surface area contributed by atoms with Crippen molar-refractivity contribution in [1.29, 1.82) is 0 Å². The highest BCUT2D eigenvalue weighted by Crippen LogP contribution is 2.36. The van der Waals surface area contributed by atoms with E-state index in [9.17, 15) is 4.39 Å². The van der Waals surface area contributed by atoms with Crippen molar-refractivity contribution in [2.24, 2.45) is 0 Å². The Morgan fingerprint density at radius 2 is 2.13 bits per heavy atom. The van der Waals surface area contributed by atoms with Gasteiger partial charge in [0.2, 0.25) is 0 Å². The largest absolute Gasteiger partial charge is 0.491 e. The average molecular weight is 333 g/mol. The number of para-hydroxylation sites is 1. The fraction of sp³-hybridized carbons (Fsp3) is 0.333. The third kappa shape index (κ3) is 4.05. The molecule has 0 bridgehead atoms. The Bertz CT molecular complexity index is 665. The Kier molecular flexibility index (Phi) is 5.54. The van der Waals surface area contributed by atoms with Gasteiger partial charge in [-0.1, -0.05) is 18.2 Å². The molecule has 5 heteroatoms. The summed E-state index contributed by atoms with van der Waals surface area (Å²) in [6, 6.07) is 12.9. The predicted octanol–water partition coefficient (Wildman–Crippen LogP) is 3.52. The lowest BCUT2D eigenvalue weighted by molar-refractivity contribution is 0.200. The molecule has 1 aliphatic rings. The zero-order valence-electron chi connectivity index (χ0n) is 12.8. The molecule has 0 fully saturated rings. The van der Waals surface area contributed by atoms with Gasteiger partial charge in [-0.3, -0.25) is 0 Å². The average Bonchev–Trinajstić information content (AvgIpc) is 2.59. The molecule has 0 aromatic heterocycles. The summed E-state index contributed by atoms with van der Waals surface area (Å²) >= 11 is 1.78. The molecular weight excluding hydrogens is 313 g/mol. The lowest BCUT2D eigenvalue weighted by atomic mass is 10.0. The number of hydrogen-bond donors (Lipinski definition) is 2. The maximum Gasteiger partial charge on any atom is 0.123 e. The highest BCUT2D eigenvalue weighted by molar-refractivity contribution is 7.99. The molecule has 1 aliphatic heterocycles. The highest BCUT2D eigenvalue weighted by Gasteiger charge is 2.21. The Morgan fingerprint density at radius 3 is 3.00 bits per heavy atom. The number of ether oxygens (including phenoxy) is 1. The summed E-state index contributed by atoms with van der Waals surface area (Å²) in [7, 11) is 0. The molecule has 0 unspecified atom stereocenters. The van der Waals surface area contributed by atoms with E-state index >= 15 is 0 Å². The van der Waals surface area contributed by atoms with Crippen molar-refractivity contribution in [3.8, 4) is 5.75 Å². The standard InChI is InChI=1S/C18H20FNO2S/c19-14-5-6-18-15(11-14)16(7-10-23-18)20-12-13-3-1-2-4-17(13)22-9-8-21/h1-6,11,16,20-21H,7-10,12H2/t16-/m1/s1. The van der Waals surface area contributed by atoms with Crippen LogP contribution in [0.1, 0.15) is 23.6 Å². The number of benzene rings is 2. The number of thioether (sulfide) groups is 1. The van der Waals surface area contributed by atoms with Crippen LogP contribution in [0.2, 0.25) is 0 Å². The van der Waals surface area contributed by atoms with Crippen molar-refractivity contribution >= 4 is 11.8 Å². The molecule has 3 rings (SSSR count). The predicted molar refractivity (Wildman–Crippen MR) is 90.3 cm³/mol. The van der Waals surface area contributed by atoms with E-state index in [2.05, 4.69) is 5.32 Å². The molecule has 0 saturated carbocycles. The quantitative estimate of drug-likeness (QED) is 0.849. The van der Waals surface area contributed by atoms with Gasteiger partial charge < -0.3 is 15.2 Å². The molecule has 0 amide bonds. The van der Waals surface area contributed by atoms with Crippen LogP contribution in [0.4, 0.5) is 4.39 Å². The molecular formula is C18H20FNO2S. The van der Waals surface area contributed by atoms with Crippen LogP contribution in [-0.2, 0) is 6.54 Å². The Labute approximate surface area is 139 Å². The SMILES string of the molecule is OCCOc1ccccc1CN[C@@H]1CCSc2ccc(F)cc21. The van der Waals surface area contributed by atoms with Crippen LogP contribution in [0.15, 0.2) is 47.4 Å². The Morgan fingerprint density at radius 1 is 1.26 bits per heavy atom. The first-order chi connectivity index (χ1) is 11.3. The van der Waals surface area contributed by atoms with Gasteiger partial charge in [0, 0.05) is 23.0 Å². The van der Waals surface area contributed by atoms with Gasteiger partial charge in [-0.25, -0.2) is 4.39 Å². The molecule has 0 radical (unpaired) electrons. The first-order valence-electron chi connectivity index (χ1n) is 7.75. The monoisotopic (exact) mass is 333 g/mol. The molecule has 23 heavy (non-hydrogen) atoms. The Hall–Kier alpha value is -1.56. The van der Waals surface area contributed by atoms with Gasteiger partial charge >= 0.3 is 0 Å². The van der Waals surface area contributed by atoms with Crippen molar-refractivity contribution in [3.63, 3.8) is 0 Å². The van der Waals surface area contributed by atoms with Crippen molar-refractivity contribution in [1.82, 2.24) is 5.32 Å². The number of fused-ring (bicyclic) bond motifs is 1. The number of hydrogen-bond acceptors (Lipinski definition) is 4. The molecule has 0 saturated heterocycles. The van der Waals surface area contributed by atoms with Gasteiger partial charge in [0.15, 0.2) is 0 Å². The van der Waals surface area contributed by atoms with E-state index in [1.54, 1.807) is 17.8 Å². The summed E-state index contributed by atoms with van der Waals surface area (Å²) in [5.74, 6) is 1.61. The second-order valence-corrected chi connectivity index (χ2v) is 6.57. The molecule has 3 nitrogen and oxygen atoms in total. The maximum atomic E-state index is 13.6. The van der Waals surface area contributed by atoms with Gasteiger partial charge in [-0.15, -0.1) is 11.8 Å². The molecule has 122 valence electrons. The third-order valence-corrected chi connectivity index (χ3v) is 4.99. The van der Waals surface area contributed by atoms with Crippen molar-refractivity contribution in [2.75, 3.05) is 19.0 Å². The zero-order valence-corrected chi connectivity index (χ0v) is 13.6. The topological polar surface area (TPSA) is 41.5 Å². The first kappa shape index (κ1) is 16.3. The summed E-state index contributed by atoms with van der Waals surface area (Å²) in [5, 5.41) is 12.4. The lowest BCUT2D eigenvalue weighted by Crippen LogP contribution is -2.24. The Balaban J connectivity index is 1.71. The molecule has 2 aromatic carbocycles. The van der Waals surface area contributed by atoms with Crippen LogP contribution in [-0.4, -0.2) is 24.1 Å². The number of aliphatic hydroxyl groups is 1. The minimum atomic E-state index is -0.190. The summed E-state index contributed by atoms with van der Waals surface area (Å²) in [6.45, 7) is 0.923. The molecule has 1 atom stereocenters. The number of halogens is 1. The van der Waals surface area contributed by atoms with Gasteiger partial charge in [-0.05, 0) is 42.0 Å². The van der Waals surface area contributed by atoms with E-state index in [0.717, 1.165) is 33.9 Å². The van der Waals surface area contributed by atoms with E-state index in [1.807, 2.05) is 30.3 Å². The van der Waals surface area contributed by atoms with Crippen LogP contribution >= 0.6 is 11.8 Å². The van der Waals surface area contributed by atoms with Gasteiger partial charge in [0.25, 0.3) is 0 Å². The van der Waals surface area contributed by atoms with Crippen LogP contribution in [0.25, 0.3) is 0 Å². The number of nitrogens with one attached hydrogen (secondary N) is 1. The van der Waals surface area contributed by atoms with Crippen molar-refractivity contribution in [2.45, 2.75) is 23.9 Å². The van der Waals surface area contributed by atoms with Gasteiger partial charge in [0.05, 0.1) is 6.61 Å². The lowest BCUT2D eigenvalue weighted by Gasteiger charge is -2.26. The van der Waals surface area contributed by atoms with Crippen LogP contribution in [0.3, 0.4) is 0 Å². The smallest absolute Gasteiger partial charge is 0.123 e. The van der Waals surface area contributed by atoms with E-state index in [4.69, 9.17) is 9.84 Å².